The molecule has 0 spiro atoms. The molecule has 114 valence electrons. The second-order valence-corrected chi connectivity index (χ2v) is 7.85. The SMILES string of the molecule is CCCS(=O)(=O)NCc1ccc(OC)c(C(C)(C)C)c1. The van der Waals surface area contributed by atoms with Crippen LogP contribution in [0.4, 0.5) is 0 Å². The molecule has 4 nitrogen and oxygen atoms in total. The van der Waals surface area contributed by atoms with Crippen molar-refractivity contribution < 1.29 is 13.2 Å². The van der Waals surface area contributed by atoms with E-state index in [-0.39, 0.29) is 11.2 Å². The summed E-state index contributed by atoms with van der Waals surface area (Å²) in [5.41, 5.74) is 1.96. The zero-order valence-corrected chi connectivity index (χ0v) is 13.8. The number of sulfonamides is 1. The lowest BCUT2D eigenvalue weighted by Gasteiger charge is -2.23. The molecule has 0 aliphatic heterocycles. The lowest BCUT2D eigenvalue weighted by Crippen LogP contribution is -2.26. The van der Waals surface area contributed by atoms with E-state index in [0.717, 1.165) is 16.9 Å². The van der Waals surface area contributed by atoms with E-state index in [0.29, 0.717) is 13.0 Å². The van der Waals surface area contributed by atoms with Gasteiger partial charge in [-0.3, -0.25) is 0 Å². The third-order valence-electron chi connectivity index (χ3n) is 3.04. The molecule has 1 aromatic carbocycles. The average Bonchev–Trinajstić information content (AvgIpc) is 2.35. The van der Waals surface area contributed by atoms with Gasteiger partial charge < -0.3 is 4.74 Å². The molecule has 0 fully saturated rings. The summed E-state index contributed by atoms with van der Waals surface area (Å²) in [7, 11) is -1.53. The van der Waals surface area contributed by atoms with Crippen molar-refractivity contribution in [3.8, 4) is 5.75 Å². The second-order valence-electron chi connectivity index (χ2n) is 5.92. The fraction of sp³-hybridized carbons (Fsp3) is 0.600. The van der Waals surface area contributed by atoms with E-state index < -0.39 is 10.0 Å². The van der Waals surface area contributed by atoms with Gasteiger partial charge in [0.25, 0.3) is 0 Å². The minimum Gasteiger partial charge on any atom is -0.496 e. The van der Waals surface area contributed by atoms with E-state index in [9.17, 15) is 8.42 Å². The van der Waals surface area contributed by atoms with Crippen LogP contribution in [0.5, 0.6) is 5.75 Å². The third-order valence-corrected chi connectivity index (χ3v) is 4.57. The highest BCUT2D eigenvalue weighted by Crippen LogP contribution is 2.31. The van der Waals surface area contributed by atoms with Crippen LogP contribution in [0.3, 0.4) is 0 Å². The highest BCUT2D eigenvalue weighted by Gasteiger charge is 2.19. The topological polar surface area (TPSA) is 55.4 Å². The first-order chi connectivity index (χ1) is 9.19. The smallest absolute Gasteiger partial charge is 0.211 e. The molecule has 0 unspecified atom stereocenters. The molecule has 20 heavy (non-hydrogen) atoms. The number of rotatable bonds is 6. The van der Waals surface area contributed by atoms with Crippen LogP contribution in [0.2, 0.25) is 0 Å². The molecule has 0 aromatic heterocycles. The van der Waals surface area contributed by atoms with Crippen LogP contribution in [-0.2, 0) is 22.0 Å². The minimum absolute atomic E-state index is 0.0519. The quantitative estimate of drug-likeness (QED) is 0.879. The molecule has 0 bridgehead atoms. The maximum Gasteiger partial charge on any atom is 0.211 e. The van der Waals surface area contributed by atoms with Gasteiger partial charge in [-0.2, -0.15) is 0 Å². The first kappa shape index (κ1) is 17.0. The molecule has 1 aromatic rings. The van der Waals surface area contributed by atoms with Gasteiger partial charge in [0.1, 0.15) is 5.75 Å². The van der Waals surface area contributed by atoms with Gasteiger partial charge in [0, 0.05) is 6.54 Å². The molecule has 5 heteroatoms. The average molecular weight is 299 g/mol. The van der Waals surface area contributed by atoms with Crippen molar-refractivity contribution in [3.63, 3.8) is 0 Å². The maximum atomic E-state index is 11.7. The number of benzene rings is 1. The molecule has 0 saturated heterocycles. The standard InChI is InChI=1S/C15H25NO3S/c1-6-9-20(17,18)16-11-12-7-8-14(19-5)13(10-12)15(2,3)4/h7-8,10,16H,6,9,11H2,1-5H3. The first-order valence-electron chi connectivity index (χ1n) is 6.84. The monoisotopic (exact) mass is 299 g/mol. The van der Waals surface area contributed by atoms with Crippen molar-refractivity contribution >= 4 is 10.0 Å². The highest BCUT2D eigenvalue weighted by atomic mass is 32.2. The van der Waals surface area contributed by atoms with Crippen molar-refractivity contribution in [1.29, 1.82) is 0 Å². The van der Waals surface area contributed by atoms with Crippen LogP contribution in [-0.4, -0.2) is 21.3 Å². The lowest BCUT2D eigenvalue weighted by atomic mass is 9.85. The number of ether oxygens (including phenoxy) is 1. The van der Waals surface area contributed by atoms with Crippen LogP contribution in [0.25, 0.3) is 0 Å². The van der Waals surface area contributed by atoms with E-state index in [4.69, 9.17) is 4.74 Å². The zero-order valence-electron chi connectivity index (χ0n) is 13.0. The lowest BCUT2D eigenvalue weighted by molar-refractivity contribution is 0.397. The Hall–Kier alpha value is -1.07. The van der Waals surface area contributed by atoms with Gasteiger partial charge in [-0.05, 0) is 29.0 Å². The summed E-state index contributed by atoms with van der Waals surface area (Å²) in [5, 5.41) is 0. The molecule has 0 aliphatic rings. The van der Waals surface area contributed by atoms with Crippen LogP contribution >= 0.6 is 0 Å². The van der Waals surface area contributed by atoms with Crippen molar-refractivity contribution in [2.75, 3.05) is 12.9 Å². The molecule has 1 N–H and O–H groups in total. The Bertz CT molecular complexity index is 545. The second kappa shape index (κ2) is 6.59. The maximum absolute atomic E-state index is 11.7. The third kappa shape index (κ3) is 4.80. The fourth-order valence-electron chi connectivity index (χ4n) is 1.99. The molecule has 0 amide bonds. The van der Waals surface area contributed by atoms with E-state index in [2.05, 4.69) is 25.5 Å². The van der Waals surface area contributed by atoms with Crippen LogP contribution in [0, 0.1) is 0 Å². The summed E-state index contributed by atoms with van der Waals surface area (Å²) in [5.74, 6) is 0.993. The minimum atomic E-state index is -3.18. The fourth-order valence-corrected chi connectivity index (χ4v) is 3.05. The van der Waals surface area contributed by atoms with Gasteiger partial charge in [0.2, 0.25) is 10.0 Å². The van der Waals surface area contributed by atoms with E-state index >= 15 is 0 Å². The number of nitrogens with one attached hydrogen (secondary N) is 1. The molecular weight excluding hydrogens is 274 g/mol. The van der Waals surface area contributed by atoms with Crippen LogP contribution in [0.1, 0.15) is 45.2 Å². The van der Waals surface area contributed by atoms with Gasteiger partial charge in [-0.15, -0.1) is 0 Å². The van der Waals surface area contributed by atoms with E-state index in [1.807, 2.05) is 25.1 Å². The first-order valence-corrected chi connectivity index (χ1v) is 8.49. The van der Waals surface area contributed by atoms with Gasteiger partial charge in [0.05, 0.1) is 12.9 Å². The molecular formula is C15H25NO3S. The molecule has 0 radical (unpaired) electrons. The van der Waals surface area contributed by atoms with Gasteiger partial charge in [-0.1, -0.05) is 39.8 Å². The van der Waals surface area contributed by atoms with Crippen molar-refractivity contribution in [2.24, 2.45) is 0 Å². The Labute approximate surface area is 122 Å². The van der Waals surface area contributed by atoms with Crippen LogP contribution in [0.15, 0.2) is 18.2 Å². The van der Waals surface area contributed by atoms with Crippen molar-refractivity contribution in [2.45, 2.75) is 46.1 Å². The summed E-state index contributed by atoms with van der Waals surface area (Å²) in [6.07, 6.45) is 0.616. The van der Waals surface area contributed by atoms with Crippen molar-refractivity contribution in [3.05, 3.63) is 29.3 Å². The summed E-state index contributed by atoms with van der Waals surface area (Å²) in [6.45, 7) is 8.49. The molecule has 1 rings (SSSR count). The van der Waals surface area contributed by atoms with Crippen molar-refractivity contribution in [1.82, 2.24) is 4.72 Å². The number of hydrogen-bond donors (Lipinski definition) is 1. The predicted octanol–water partition coefficient (Wildman–Crippen LogP) is 2.82. The summed E-state index contributed by atoms with van der Waals surface area (Å²) < 4.78 is 31.3. The van der Waals surface area contributed by atoms with Crippen LogP contribution < -0.4 is 9.46 Å². The summed E-state index contributed by atoms with van der Waals surface area (Å²) in [6, 6.07) is 5.79. The van der Waals surface area contributed by atoms with E-state index in [1.54, 1.807) is 7.11 Å². The summed E-state index contributed by atoms with van der Waals surface area (Å²) >= 11 is 0. The highest BCUT2D eigenvalue weighted by molar-refractivity contribution is 7.89. The normalized spacial score (nSPS) is 12.4. The zero-order chi connectivity index (χ0) is 15.4. The van der Waals surface area contributed by atoms with Gasteiger partial charge in [0.15, 0.2) is 0 Å². The van der Waals surface area contributed by atoms with Gasteiger partial charge >= 0.3 is 0 Å². The molecule has 0 aliphatic carbocycles. The Kier molecular flexibility index (Phi) is 5.59. The summed E-state index contributed by atoms with van der Waals surface area (Å²) in [4.78, 5) is 0. The Morgan fingerprint density at radius 3 is 2.40 bits per heavy atom. The molecule has 0 atom stereocenters. The predicted molar refractivity (Wildman–Crippen MR) is 82.6 cm³/mol. The molecule has 0 heterocycles. The van der Waals surface area contributed by atoms with E-state index in [1.165, 1.54) is 0 Å². The van der Waals surface area contributed by atoms with Gasteiger partial charge in [-0.25, -0.2) is 13.1 Å². The number of methoxy groups -OCH3 is 1. The Balaban J connectivity index is 2.94. The number of hydrogen-bond acceptors (Lipinski definition) is 3. The molecule has 0 saturated carbocycles. The Morgan fingerprint density at radius 1 is 1.25 bits per heavy atom. The Morgan fingerprint density at radius 2 is 1.90 bits per heavy atom. The largest absolute Gasteiger partial charge is 0.496 e.